The van der Waals surface area contributed by atoms with Crippen LogP contribution in [0.5, 0.6) is 0 Å². The van der Waals surface area contributed by atoms with Crippen LogP contribution in [0.25, 0.3) is 0 Å². The number of pyridine rings is 1. The van der Waals surface area contributed by atoms with E-state index in [9.17, 15) is 5.11 Å². The van der Waals surface area contributed by atoms with Crippen LogP contribution >= 0.6 is 23.2 Å². The van der Waals surface area contributed by atoms with Crippen molar-refractivity contribution in [3.05, 3.63) is 45.5 Å². The highest BCUT2D eigenvalue weighted by Gasteiger charge is 2.17. The van der Waals surface area contributed by atoms with E-state index >= 15 is 0 Å². The van der Waals surface area contributed by atoms with Gasteiger partial charge in [0.25, 0.3) is 0 Å². The Hall–Kier alpha value is -1.10. The average molecular weight is 286 g/mol. The fourth-order valence-corrected chi connectivity index (χ4v) is 2.28. The molecule has 0 amide bonds. The quantitative estimate of drug-likeness (QED) is 0.883. The fourth-order valence-electron chi connectivity index (χ4n) is 1.84. The van der Waals surface area contributed by atoms with Gasteiger partial charge in [-0.1, -0.05) is 23.2 Å². The third kappa shape index (κ3) is 2.66. The molecular weight excluding hydrogens is 273 g/mol. The number of rotatable bonds is 3. The minimum Gasteiger partial charge on any atom is -0.388 e. The van der Waals surface area contributed by atoms with Crippen molar-refractivity contribution < 1.29 is 5.11 Å². The number of hydrogen-bond donors (Lipinski definition) is 1. The molecule has 0 aromatic carbocycles. The Morgan fingerprint density at radius 2 is 2.17 bits per heavy atom. The first-order valence-electron chi connectivity index (χ1n) is 5.46. The average Bonchev–Trinajstić information content (AvgIpc) is 2.56. The summed E-state index contributed by atoms with van der Waals surface area (Å²) < 4.78 is 1.60. The number of aromatic nitrogens is 3. The lowest BCUT2D eigenvalue weighted by Gasteiger charge is -2.10. The second-order valence-electron chi connectivity index (χ2n) is 4.11. The fraction of sp³-hybridized carbons (Fsp3) is 0.333. The molecule has 0 saturated carbocycles. The molecule has 0 aliphatic carbocycles. The van der Waals surface area contributed by atoms with Gasteiger partial charge in [0.05, 0.1) is 11.8 Å². The molecule has 0 aliphatic heterocycles. The van der Waals surface area contributed by atoms with Gasteiger partial charge in [0.15, 0.2) is 0 Å². The van der Waals surface area contributed by atoms with Crippen LogP contribution in [0.15, 0.2) is 18.3 Å². The maximum Gasteiger partial charge on any atom is 0.130 e. The summed E-state index contributed by atoms with van der Waals surface area (Å²) in [7, 11) is 1.77. The van der Waals surface area contributed by atoms with Crippen molar-refractivity contribution in [2.24, 2.45) is 7.05 Å². The van der Waals surface area contributed by atoms with E-state index in [4.69, 9.17) is 23.2 Å². The van der Waals surface area contributed by atoms with Gasteiger partial charge in [0.2, 0.25) is 0 Å². The summed E-state index contributed by atoms with van der Waals surface area (Å²) >= 11 is 11.9. The molecule has 1 atom stereocenters. The van der Waals surface area contributed by atoms with Crippen LogP contribution in [0.2, 0.25) is 10.3 Å². The topological polar surface area (TPSA) is 50.9 Å². The van der Waals surface area contributed by atoms with Crippen molar-refractivity contribution in [3.8, 4) is 0 Å². The van der Waals surface area contributed by atoms with Gasteiger partial charge in [0, 0.05) is 25.2 Å². The lowest BCUT2D eigenvalue weighted by atomic mass is 10.0. The summed E-state index contributed by atoms with van der Waals surface area (Å²) in [5.41, 5.74) is 2.38. The zero-order valence-electron chi connectivity index (χ0n) is 10.1. The lowest BCUT2D eigenvalue weighted by molar-refractivity contribution is 0.178. The van der Waals surface area contributed by atoms with E-state index in [0.717, 1.165) is 11.3 Å². The van der Waals surface area contributed by atoms with E-state index in [2.05, 4.69) is 10.1 Å². The molecule has 2 rings (SSSR count). The molecule has 0 radical (unpaired) electrons. The van der Waals surface area contributed by atoms with E-state index in [1.165, 1.54) is 0 Å². The Labute approximate surface area is 115 Å². The minimum atomic E-state index is -0.675. The van der Waals surface area contributed by atoms with E-state index in [0.29, 0.717) is 22.3 Å². The minimum absolute atomic E-state index is 0.362. The first kappa shape index (κ1) is 13.3. The maximum absolute atomic E-state index is 10.2. The molecule has 0 aliphatic rings. The van der Waals surface area contributed by atoms with Gasteiger partial charge in [-0.05, 0) is 24.6 Å². The summed E-state index contributed by atoms with van der Waals surface area (Å²) in [4.78, 5) is 3.88. The molecule has 96 valence electrons. The van der Waals surface area contributed by atoms with Crippen molar-refractivity contribution >= 4 is 23.2 Å². The predicted molar refractivity (Wildman–Crippen MR) is 70.9 cm³/mol. The number of halogens is 2. The monoisotopic (exact) mass is 285 g/mol. The van der Waals surface area contributed by atoms with Crippen molar-refractivity contribution in [1.29, 1.82) is 0 Å². The largest absolute Gasteiger partial charge is 0.388 e. The van der Waals surface area contributed by atoms with Crippen LogP contribution in [0.3, 0.4) is 0 Å². The Kier molecular flexibility index (Phi) is 3.90. The second-order valence-corrected chi connectivity index (χ2v) is 4.86. The molecule has 0 bridgehead atoms. The van der Waals surface area contributed by atoms with Crippen LogP contribution in [-0.2, 0) is 13.5 Å². The standard InChI is InChI=1S/C12H13Cl2N3O/c1-7-9(12(14)17(2)16-7)6-10(18)8-3-4-15-11(13)5-8/h3-5,10,18H,6H2,1-2H3. The molecule has 6 heteroatoms. The summed E-state index contributed by atoms with van der Waals surface area (Å²) in [5.74, 6) is 0. The SMILES string of the molecule is Cc1nn(C)c(Cl)c1CC(O)c1ccnc(Cl)c1. The molecule has 0 spiro atoms. The number of hydrogen-bond acceptors (Lipinski definition) is 3. The van der Waals surface area contributed by atoms with Gasteiger partial charge < -0.3 is 5.11 Å². The van der Waals surface area contributed by atoms with Crippen LogP contribution < -0.4 is 0 Å². The Bertz CT molecular complexity index is 568. The highest BCUT2D eigenvalue weighted by Crippen LogP contribution is 2.26. The van der Waals surface area contributed by atoms with Crippen molar-refractivity contribution in [1.82, 2.24) is 14.8 Å². The van der Waals surface area contributed by atoms with Gasteiger partial charge >= 0.3 is 0 Å². The molecule has 2 aromatic heterocycles. The smallest absolute Gasteiger partial charge is 0.130 e. The van der Waals surface area contributed by atoms with Crippen LogP contribution in [0.1, 0.15) is 22.9 Å². The predicted octanol–water partition coefficient (Wildman–Crippen LogP) is 2.71. The van der Waals surface area contributed by atoms with Crippen LogP contribution in [-0.4, -0.2) is 19.9 Å². The lowest BCUT2D eigenvalue weighted by Crippen LogP contribution is -2.03. The van der Waals surface area contributed by atoms with E-state index in [-0.39, 0.29) is 0 Å². The molecule has 4 nitrogen and oxygen atoms in total. The van der Waals surface area contributed by atoms with Crippen molar-refractivity contribution in [3.63, 3.8) is 0 Å². The summed E-state index contributed by atoms with van der Waals surface area (Å²) in [5, 5.41) is 15.3. The molecular formula is C12H13Cl2N3O. The molecule has 0 fully saturated rings. The molecule has 1 unspecified atom stereocenters. The van der Waals surface area contributed by atoms with Gasteiger partial charge in [-0.3, -0.25) is 4.68 Å². The highest BCUT2D eigenvalue weighted by molar-refractivity contribution is 6.30. The Balaban J connectivity index is 2.24. The van der Waals surface area contributed by atoms with E-state index < -0.39 is 6.10 Å². The summed E-state index contributed by atoms with van der Waals surface area (Å²) in [6.45, 7) is 1.87. The molecule has 1 N–H and O–H groups in total. The van der Waals surface area contributed by atoms with Crippen molar-refractivity contribution in [2.45, 2.75) is 19.4 Å². The number of aliphatic hydroxyl groups excluding tert-OH is 1. The first-order valence-corrected chi connectivity index (χ1v) is 6.22. The molecule has 0 saturated heterocycles. The maximum atomic E-state index is 10.2. The molecule has 2 heterocycles. The highest BCUT2D eigenvalue weighted by atomic mass is 35.5. The zero-order valence-corrected chi connectivity index (χ0v) is 11.6. The summed E-state index contributed by atoms with van der Waals surface area (Å²) in [6, 6.07) is 3.38. The first-order chi connectivity index (χ1) is 8.49. The third-order valence-electron chi connectivity index (χ3n) is 2.80. The second kappa shape index (κ2) is 5.26. The number of aliphatic hydroxyl groups is 1. The van der Waals surface area contributed by atoms with Gasteiger partial charge in [-0.2, -0.15) is 5.10 Å². The normalized spacial score (nSPS) is 12.7. The molecule has 2 aromatic rings. The van der Waals surface area contributed by atoms with Crippen LogP contribution in [0, 0.1) is 6.92 Å². The summed E-state index contributed by atoms with van der Waals surface area (Å²) in [6.07, 6.45) is 1.29. The zero-order chi connectivity index (χ0) is 13.3. The van der Waals surface area contributed by atoms with Gasteiger partial charge in [-0.15, -0.1) is 0 Å². The third-order valence-corrected chi connectivity index (χ3v) is 3.48. The van der Waals surface area contributed by atoms with Crippen LogP contribution in [0.4, 0.5) is 0 Å². The van der Waals surface area contributed by atoms with Crippen molar-refractivity contribution in [2.75, 3.05) is 0 Å². The Morgan fingerprint density at radius 3 is 2.72 bits per heavy atom. The van der Waals surface area contributed by atoms with Gasteiger partial charge in [0.1, 0.15) is 10.3 Å². The van der Waals surface area contributed by atoms with E-state index in [1.807, 2.05) is 6.92 Å². The number of nitrogens with zero attached hydrogens (tertiary/aromatic N) is 3. The van der Waals surface area contributed by atoms with E-state index in [1.54, 1.807) is 30.1 Å². The Morgan fingerprint density at radius 1 is 1.44 bits per heavy atom. The molecule has 18 heavy (non-hydrogen) atoms. The van der Waals surface area contributed by atoms with Gasteiger partial charge in [-0.25, -0.2) is 4.98 Å². The number of aryl methyl sites for hydroxylation is 2.